The van der Waals surface area contributed by atoms with Gasteiger partial charge in [-0.25, -0.2) is 4.98 Å². The number of morpholine rings is 1. The number of hydrogen-bond acceptors (Lipinski definition) is 5. The zero-order chi connectivity index (χ0) is 21.6. The lowest BCUT2D eigenvalue weighted by Gasteiger charge is -2.23. The molecular formula is C23H29N4O4+. The number of methoxy groups -OCH3 is 1. The average Bonchev–Trinajstić information content (AvgIpc) is 3.12. The van der Waals surface area contributed by atoms with Crippen molar-refractivity contribution in [2.45, 2.75) is 6.42 Å². The Morgan fingerprint density at radius 2 is 1.90 bits per heavy atom. The van der Waals surface area contributed by atoms with Gasteiger partial charge >= 0.3 is 0 Å². The molecule has 0 atom stereocenters. The van der Waals surface area contributed by atoms with Crippen molar-refractivity contribution in [3.05, 3.63) is 48.3 Å². The van der Waals surface area contributed by atoms with E-state index in [2.05, 4.69) is 9.88 Å². The lowest BCUT2D eigenvalue weighted by atomic mass is 10.2. The lowest BCUT2D eigenvalue weighted by Crippen LogP contribution is -3.14. The number of fused-ring (bicyclic) bond motifs is 1. The van der Waals surface area contributed by atoms with Gasteiger partial charge in [-0.3, -0.25) is 4.79 Å². The van der Waals surface area contributed by atoms with Gasteiger partial charge in [-0.05, 0) is 42.5 Å². The number of anilines is 1. The fourth-order valence-electron chi connectivity index (χ4n) is 3.77. The summed E-state index contributed by atoms with van der Waals surface area (Å²) in [5.41, 5.74) is 2.64. The monoisotopic (exact) mass is 425 g/mol. The van der Waals surface area contributed by atoms with E-state index in [1.54, 1.807) is 36.3 Å². The minimum absolute atomic E-state index is 0.0693. The molecule has 164 valence electrons. The number of quaternary nitrogens is 1. The highest BCUT2D eigenvalue weighted by atomic mass is 16.5. The van der Waals surface area contributed by atoms with Crippen LogP contribution in [-0.4, -0.2) is 62.0 Å². The number of benzene rings is 2. The number of rotatable bonds is 8. The van der Waals surface area contributed by atoms with Crippen LogP contribution < -0.4 is 19.7 Å². The van der Waals surface area contributed by atoms with Gasteiger partial charge in [0.25, 0.3) is 5.91 Å². The van der Waals surface area contributed by atoms with Gasteiger partial charge in [0.1, 0.15) is 30.4 Å². The molecule has 1 amide bonds. The Balaban J connectivity index is 1.34. The molecule has 8 nitrogen and oxygen atoms in total. The minimum Gasteiger partial charge on any atom is -0.497 e. The van der Waals surface area contributed by atoms with Crippen molar-refractivity contribution in [3.63, 3.8) is 0 Å². The van der Waals surface area contributed by atoms with Gasteiger partial charge in [-0.1, -0.05) is 0 Å². The number of amides is 1. The molecule has 1 aliphatic rings. The van der Waals surface area contributed by atoms with Crippen LogP contribution >= 0.6 is 0 Å². The second kappa shape index (κ2) is 9.80. The minimum atomic E-state index is -0.220. The number of imidazole rings is 1. The van der Waals surface area contributed by atoms with Gasteiger partial charge in [-0.2, -0.15) is 0 Å². The van der Waals surface area contributed by atoms with Crippen LogP contribution in [0.15, 0.2) is 42.5 Å². The molecule has 3 aromatic rings. The maximum atomic E-state index is 12.3. The topological polar surface area (TPSA) is 79.1 Å². The van der Waals surface area contributed by atoms with E-state index in [0.29, 0.717) is 11.4 Å². The highest BCUT2D eigenvalue weighted by molar-refractivity contribution is 5.94. The van der Waals surface area contributed by atoms with E-state index in [1.165, 1.54) is 0 Å². The molecule has 2 N–H and O–H groups in total. The maximum Gasteiger partial charge on any atom is 0.262 e. The quantitative estimate of drug-likeness (QED) is 0.564. The first-order valence-corrected chi connectivity index (χ1v) is 10.6. The third-order valence-electron chi connectivity index (χ3n) is 5.59. The van der Waals surface area contributed by atoms with Crippen molar-refractivity contribution in [1.82, 2.24) is 9.55 Å². The van der Waals surface area contributed by atoms with Crippen LogP contribution in [-0.2, 0) is 23.0 Å². The normalized spacial score (nSPS) is 14.5. The number of aryl methyl sites for hydroxylation is 1. The predicted molar refractivity (Wildman–Crippen MR) is 118 cm³/mol. The Morgan fingerprint density at radius 3 is 2.65 bits per heavy atom. The molecule has 31 heavy (non-hydrogen) atoms. The first-order valence-electron chi connectivity index (χ1n) is 10.6. The van der Waals surface area contributed by atoms with E-state index in [-0.39, 0.29) is 12.5 Å². The lowest BCUT2D eigenvalue weighted by molar-refractivity contribution is -0.907. The first kappa shape index (κ1) is 21.1. The number of nitrogens with one attached hydrogen (secondary N) is 2. The van der Waals surface area contributed by atoms with E-state index in [0.717, 1.165) is 61.9 Å². The molecule has 4 rings (SSSR count). The van der Waals surface area contributed by atoms with Crippen molar-refractivity contribution in [1.29, 1.82) is 0 Å². The Bertz CT molecular complexity index is 1030. The third kappa shape index (κ3) is 5.34. The molecule has 0 aliphatic carbocycles. The number of ether oxygens (including phenoxy) is 3. The van der Waals surface area contributed by atoms with E-state index >= 15 is 0 Å². The van der Waals surface area contributed by atoms with E-state index < -0.39 is 0 Å². The van der Waals surface area contributed by atoms with Gasteiger partial charge in [-0.15, -0.1) is 0 Å². The summed E-state index contributed by atoms with van der Waals surface area (Å²) in [6.45, 7) is 4.76. The first-order chi connectivity index (χ1) is 15.1. The largest absolute Gasteiger partial charge is 0.497 e. The van der Waals surface area contributed by atoms with Crippen LogP contribution in [0.2, 0.25) is 0 Å². The molecule has 1 saturated heterocycles. The van der Waals surface area contributed by atoms with Gasteiger partial charge in [0.15, 0.2) is 6.61 Å². The fourth-order valence-corrected chi connectivity index (χ4v) is 3.77. The third-order valence-corrected chi connectivity index (χ3v) is 5.59. The molecule has 0 saturated carbocycles. The molecule has 1 aliphatic heterocycles. The second-order valence-electron chi connectivity index (χ2n) is 7.67. The van der Waals surface area contributed by atoms with Crippen molar-refractivity contribution in [2.24, 2.45) is 7.05 Å². The summed E-state index contributed by atoms with van der Waals surface area (Å²) in [6.07, 6.45) is 0.915. The van der Waals surface area contributed by atoms with Crippen molar-refractivity contribution >= 4 is 22.6 Å². The molecule has 1 aromatic heterocycles. The highest BCUT2D eigenvalue weighted by Crippen LogP contribution is 2.20. The van der Waals surface area contributed by atoms with Crippen molar-refractivity contribution in [2.75, 3.05) is 51.9 Å². The number of carbonyl (C=O) groups excluding carboxylic acids is 1. The second-order valence-corrected chi connectivity index (χ2v) is 7.67. The van der Waals surface area contributed by atoms with E-state index in [1.807, 2.05) is 25.2 Å². The molecule has 0 unspecified atom stereocenters. The van der Waals surface area contributed by atoms with Crippen LogP contribution in [0.1, 0.15) is 5.82 Å². The van der Waals surface area contributed by atoms with Crippen LogP contribution in [0.3, 0.4) is 0 Å². The standard InChI is InChI=1S/C23H28N4O4/c1-26-21-8-3-17(24-23(28)16-31-19-6-4-18(29-2)5-7-19)15-20(21)25-22(26)9-10-27-11-13-30-14-12-27/h3-8,15H,9-14,16H2,1-2H3,(H,24,28)/p+1. The summed E-state index contributed by atoms with van der Waals surface area (Å²) in [7, 11) is 3.65. The van der Waals surface area contributed by atoms with E-state index in [9.17, 15) is 4.79 Å². The van der Waals surface area contributed by atoms with Crippen LogP contribution in [0.4, 0.5) is 5.69 Å². The van der Waals surface area contributed by atoms with E-state index in [4.69, 9.17) is 19.2 Å². The van der Waals surface area contributed by atoms with Crippen LogP contribution in [0.25, 0.3) is 11.0 Å². The average molecular weight is 426 g/mol. The summed E-state index contributed by atoms with van der Waals surface area (Å²) >= 11 is 0. The molecule has 0 bridgehead atoms. The Labute approximate surface area is 181 Å². The summed E-state index contributed by atoms with van der Waals surface area (Å²) in [6, 6.07) is 12.9. The Morgan fingerprint density at radius 1 is 1.16 bits per heavy atom. The van der Waals surface area contributed by atoms with Crippen LogP contribution in [0, 0.1) is 0 Å². The van der Waals surface area contributed by atoms with Gasteiger partial charge in [0.2, 0.25) is 0 Å². The summed E-state index contributed by atoms with van der Waals surface area (Å²) in [4.78, 5) is 18.7. The SMILES string of the molecule is COc1ccc(OCC(=O)Nc2ccc3c(c2)nc(CC[NH+]2CCOCC2)n3C)cc1. The molecular weight excluding hydrogens is 396 g/mol. The summed E-state index contributed by atoms with van der Waals surface area (Å²) in [5.74, 6) is 2.19. The van der Waals surface area contributed by atoms with Crippen molar-refractivity contribution in [3.8, 4) is 11.5 Å². The summed E-state index contributed by atoms with van der Waals surface area (Å²) in [5, 5.41) is 2.88. The Hall–Kier alpha value is -3.10. The predicted octanol–water partition coefficient (Wildman–Crippen LogP) is 1.06. The molecule has 0 spiro atoms. The number of hydrogen-bond donors (Lipinski definition) is 2. The fraction of sp³-hybridized carbons (Fsp3) is 0.391. The number of aromatic nitrogens is 2. The number of carbonyl (C=O) groups is 1. The zero-order valence-electron chi connectivity index (χ0n) is 18.0. The van der Waals surface area contributed by atoms with Gasteiger partial charge in [0, 0.05) is 12.7 Å². The smallest absolute Gasteiger partial charge is 0.262 e. The van der Waals surface area contributed by atoms with Gasteiger partial charge < -0.3 is 29.0 Å². The molecule has 2 heterocycles. The maximum absolute atomic E-state index is 12.3. The highest BCUT2D eigenvalue weighted by Gasteiger charge is 2.16. The molecule has 2 aromatic carbocycles. The number of nitrogens with zero attached hydrogens (tertiary/aromatic N) is 2. The molecule has 0 radical (unpaired) electrons. The zero-order valence-corrected chi connectivity index (χ0v) is 18.0. The van der Waals surface area contributed by atoms with Crippen LogP contribution in [0.5, 0.6) is 11.5 Å². The van der Waals surface area contributed by atoms with Gasteiger partial charge in [0.05, 0.1) is 44.3 Å². The molecule has 8 heteroatoms. The molecule has 1 fully saturated rings. The van der Waals surface area contributed by atoms with Crippen molar-refractivity contribution < 1.29 is 23.9 Å². The summed E-state index contributed by atoms with van der Waals surface area (Å²) < 4.78 is 18.2. The Kier molecular flexibility index (Phi) is 6.69.